The molecular formula is C15H26N2O. The van der Waals surface area contributed by atoms with Crippen LogP contribution >= 0.6 is 0 Å². The molecule has 1 rings (SSSR count). The molecule has 0 amide bonds. The summed E-state index contributed by atoms with van der Waals surface area (Å²) in [6.07, 6.45) is 3.13. The van der Waals surface area contributed by atoms with E-state index in [1.54, 1.807) is 0 Å². The fourth-order valence-corrected chi connectivity index (χ4v) is 1.89. The second kappa shape index (κ2) is 8.11. The van der Waals surface area contributed by atoms with E-state index in [9.17, 15) is 0 Å². The third kappa shape index (κ3) is 5.07. The molecule has 0 aromatic heterocycles. The van der Waals surface area contributed by atoms with Gasteiger partial charge in [0, 0.05) is 12.6 Å². The minimum absolute atomic E-state index is 0.0271. The first kappa shape index (κ1) is 15.0. The van der Waals surface area contributed by atoms with Crippen molar-refractivity contribution in [2.45, 2.75) is 39.2 Å². The van der Waals surface area contributed by atoms with E-state index in [1.807, 2.05) is 12.1 Å². The monoisotopic (exact) mass is 250 g/mol. The van der Waals surface area contributed by atoms with Gasteiger partial charge in [-0.1, -0.05) is 38.8 Å². The average molecular weight is 250 g/mol. The van der Waals surface area contributed by atoms with Crippen LogP contribution in [0.4, 0.5) is 0 Å². The van der Waals surface area contributed by atoms with Crippen molar-refractivity contribution < 1.29 is 4.74 Å². The smallest absolute Gasteiger partial charge is 0.119 e. The number of rotatable bonds is 8. The van der Waals surface area contributed by atoms with Gasteiger partial charge in [-0.3, -0.25) is 0 Å². The minimum Gasteiger partial charge on any atom is -0.493 e. The molecule has 0 saturated carbocycles. The average Bonchev–Trinajstić information content (AvgIpc) is 2.40. The number of nitrogens with two attached hydrogens (primary N) is 2. The van der Waals surface area contributed by atoms with Gasteiger partial charge in [-0.25, -0.2) is 0 Å². The zero-order chi connectivity index (χ0) is 13.4. The van der Waals surface area contributed by atoms with Crippen molar-refractivity contribution in [2.75, 3.05) is 13.2 Å². The van der Waals surface area contributed by atoms with E-state index in [0.29, 0.717) is 12.5 Å². The Bertz CT molecular complexity index is 337. The summed E-state index contributed by atoms with van der Waals surface area (Å²) in [4.78, 5) is 0. The summed E-state index contributed by atoms with van der Waals surface area (Å²) in [5.74, 6) is 1.57. The number of ether oxygens (including phenoxy) is 1. The molecule has 1 aromatic rings. The van der Waals surface area contributed by atoms with Gasteiger partial charge in [0.2, 0.25) is 0 Å². The lowest BCUT2D eigenvalue weighted by atomic mass is 10.0. The SMILES string of the molecule is CCC(CC)COc1cccc(C[C@H](N)CN)c1. The third-order valence-corrected chi connectivity index (χ3v) is 3.34. The van der Waals surface area contributed by atoms with Crippen LogP contribution in [0.2, 0.25) is 0 Å². The van der Waals surface area contributed by atoms with Crippen molar-refractivity contribution in [3.63, 3.8) is 0 Å². The molecule has 0 spiro atoms. The van der Waals surface area contributed by atoms with Crippen LogP contribution in [0, 0.1) is 5.92 Å². The maximum absolute atomic E-state index is 5.85. The molecule has 1 aromatic carbocycles. The van der Waals surface area contributed by atoms with Crippen molar-refractivity contribution in [1.29, 1.82) is 0 Å². The standard InChI is InChI=1S/C15H26N2O/c1-3-12(4-2)11-18-15-7-5-6-13(9-15)8-14(17)10-16/h5-7,9,12,14H,3-4,8,10-11,16-17H2,1-2H3/t14-/m0/s1. The van der Waals surface area contributed by atoms with Crippen molar-refractivity contribution in [1.82, 2.24) is 0 Å². The Balaban J connectivity index is 2.53. The lowest BCUT2D eigenvalue weighted by molar-refractivity contribution is 0.240. The van der Waals surface area contributed by atoms with Gasteiger partial charge < -0.3 is 16.2 Å². The van der Waals surface area contributed by atoms with Gasteiger partial charge >= 0.3 is 0 Å². The molecule has 0 heterocycles. The summed E-state index contributed by atoms with van der Waals surface area (Å²) in [5, 5.41) is 0. The van der Waals surface area contributed by atoms with Crippen LogP contribution in [0.5, 0.6) is 5.75 Å². The summed E-state index contributed by atoms with van der Waals surface area (Å²) in [6, 6.07) is 8.18. The Kier molecular flexibility index (Phi) is 6.76. The van der Waals surface area contributed by atoms with Crippen LogP contribution < -0.4 is 16.2 Å². The molecule has 18 heavy (non-hydrogen) atoms. The molecule has 3 nitrogen and oxygen atoms in total. The number of hydrogen-bond donors (Lipinski definition) is 2. The molecule has 0 aliphatic heterocycles. The van der Waals surface area contributed by atoms with E-state index in [4.69, 9.17) is 16.2 Å². The summed E-state index contributed by atoms with van der Waals surface area (Å²) >= 11 is 0. The highest BCUT2D eigenvalue weighted by Gasteiger charge is 2.06. The highest BCUT2D eigenvalue weighted by Crippen LogP contribution is 2.17. The van der Waals surface area contributed by atoms with E-state index < -0.39 is 0 Å². The minimum atomic E-state index is 0.0271. The van der Waals surface area contributed by atoms with Crippen LogP contribution in [-0.2, 0) is 6.42 Å². The lowest BCUT2D eigenvalue weighted by Gasteiger charge is -2.15. The van der Waals surface area contributed by atoms with Crippen LogP contribution in [0.15, 0.2) is 24.3 Å². The zero-order valence-corrected chi connectivity index (χ0v) is 11.6. The lowest BCUT2D eigenvalue weighted by Crippen LogP contribution is -2.31. The Morgan fingerprint density at radius 1 is 1.22 bits per heavy atom. The van der Waals surface area contributed by atoms with Crippen molar-refractivity contribution in [2.24, 2.45) is 17.4 Å². The summed E-state index contributed by atoms with van der Waals surface area (Å²) in [7, 11) is 0. The fraction of sp³-hybridized carbons (Fsp3) is 0.600. The van der Waals surface area contributed by atoms with E-state index in [1.165, 1.54) is 5.56 Å². The Morgan fingerprint density at radius 2 is 1.94 bits per heavy atom. The van der Waals surface area contributed by atoms with Gasteiger partial charge in [0.1, 0.15) is 5.75 Å². The van der Waals surface area contributed by atoms with Crippen molar-refractivity contribution in [3.8, 4) is 5.75 Å². The summed E-state index contributed by atoms with van der Waals surface area (Å²) in [6.45, 7) is 5.71. The van der Waals surface area contributed by atoms with Gasteiger partial charge in [0.25, 0.3) is 0 Å². The maximum Gasteiger partial charge on any atom is 0.119 e. The van der Waals surface area contributed by atoms with Gasteiger partial charge in [0.05, 0.1) is 6.61 Å². The van der Waals surface area contributed by atoms with E-state index in [2.05, 4.69) is 26.0 Å². The molecule has 4 N–H and O–H groups in total. The Morgan fingerprint density at radius 3 is 2.56 bits per heavy atom. The zero-order valence-electron chi connectivity index (χ0n) is 11.6. The molecule has 0 aliphatic rings. The highest BCUT2D eigenvalue weighted by molar-refractivity contribution is 5.29. The maximum atomic E-state index is 5.85. The number of benzene rings is 1. The predicted octanol–water partition coefficient (Wildman–Crippen LogP) is 2.33. The third-order valence-electron chi connectivity index (χ3n) is 3.34. The van der Waals surface area contributed by atoms with Crippen LogP contribution in [0.3, 0.4) is 0 Å². The van der Waals surface area contributed by atoms with Crippen molar-refractivity contribution >= 4 is 0 Å². The molecular weight excluding hydrogens is 224 g/mol. The van der Waals surface area contributed by atoms with Gasteiger partial charge in [-0.15, -0.1) is 0 Å². The molecule has 0 aliphatic carbocycles. The highest BCUT2D eigenvalue weighted by atomic mass is 16.5. The molecule has 3 heteroatoms. The predicted molar refractivity (Wildman–Crippen MR) is 76.7 cm³/mol. The van der Waals surface area contributed by atoms with Crippen LogP contribution in [0.1, 0.15) is 32.3 Å². The quantitative estimate of drug-likeness (QED) is 0.744. The second-order valence-electron chi connectivity index (χ2n) is 4.84. The van der Waals surface area contributed by atoms with Gasteiger partial charge in [0.15, 0.2) is 0 Å². The molecule has 1 atom stereocenters. The molecule has 102 valence electrons. The van der Waals surface area contributed by atoms with Crippen LogP contribution in [0.25, 0.3) is 0 Å². The largest absolute Gasteiger partial charge is 0.493 e. The van der Waals surface area contributed by atoms with Crippen LogP contribution in [-0.4, -0.2) is 19.2 Å². The molecule has 0 unspecified atom stereocenters. The Hall–Kier alpha value is -1.06. The second-order valence-corrected chi connectivity index (χ2v) is 4.84. The topological polar surface area (TPSA) is 61.3 Å². The molecule has 0 radical (unpaired) electrons. The molecule has 0 bridgehead atoms. The first-order chi connectivity index (χ1) is 8.69. The van der Waals surface area contributed by atoms with Crippen molar-refractivity contribution in [3.05, 3.63) is 29.8 Å². The molecule has 0 fully saturated rings. The van der Waals surface area contributed by atoms with E-state index in [0.717, 1.165) is 31.6 Å². The van der Waals surface area contributed by atoms with Gasteiger partial charge in [-0.2, -0.15) is 0 Å². The van der Waals surface area contributed by atoms with E-state index >= 15 is 0 Å². The number of hydrogen-bond acceptors (Lipinski definition) is 3. The summed E-state index contributed by atoms with van der Waals surface area (Å²) < 4.78 is 5.83. The summed E-state index contributed by atoms with van der Waals surface area (Å²) in [5.41, 5.74) is 12.6. The van der Waals surface area contributed by atoms with E-state index in [-0.39, 0.29) is 6.04 Å². The first-order valence-corrected chi connectivity index (χ1v) is 6.86. The Labute approximate surface area is 111 Å². The first-order valence-electron chi connectivity index (χ1n) is 6.86. The van der Waals surface area contributed by atoms with Gasteiger partial charge in [-0.05, 0) is 30.0 Å². The fourth-order valence-electron chi connectivity index (χ4n) is 1.89. The normalized spacial score (nSPS) is 12.7. The molecule has 0 saturated heterocycles.